The van der Waals surface area contributed by atoms with Crippen molar-refractivity contribution in [2.75, 3.05) is 26.8 Å². The van der Waals surface area contributed by atoms with Gasteiger partial charge in [0.1, 0.15) is 68.7 Å². The Morgan fingerprint density at radius 1 is 0.367 bits per heavy atom. The van der Waals surface area contributed by atoms with Gasteiger partial charge in [-0.05, 0) is 103 Å². The van der Waals surface area contributed by atoms with Gasteiger partial charge < -0.3 is 62.2 Å². The number of anilines is 5. The first-order valence-corrected chi connectivity index (χ1v) is 29.1. The Bertz CT molecular complexity index is 2980. The van der Waals surface area contributed by atoms with Gasteiger partial charge in [0.25, 0.3) is 0 Å². The van der Waals surface area contributed by atoms with E-state index in [1.165, 1.54) is 18.2 Å². The van der Waals surface area contributed by atoms with Gasteiger partial charge in [-0.2, -0.15) is 0 Å². The van der Waals surface area contributed by atoms with E-state index in [0.717, 1.165) is 126 Å². The normalized spacial score (nSPS) is 12.9. The van der Waals surface area contributed by atoms with Crippen LogP contribution in [0.1, 0.15) is 212 Å². The van der Waals surface area contributed by atoms with Crippen molar-refractivity contribution >= 4 is 34.2 Å². The highest BCUT2D eigenvalue weighted by atomic mass is 16.3. The third-order valence-corrected chi connectivity index (χ3v) is 15.5. The van der Waals surface area contributed by atoms with Crippen LogP contribution in [-0.4, -0.2) is 46.6 Å². The largest absolute Gasteiger partial charge is 0.506 e. The lowest BCUT2D eigenvalue weighted by Crippen LogP contribution is -2.16. The number of hydrazine groups is 1. The predicted molar refractivity (Wildman–Crippen MR) is 319 cm³/mol. The fourth-order valence-electron chi connectivity index (χ4n) is 10.9. The molecule has 0 amide bonds. The molecule has 3 unspecified atom stereocenters. The number of phenolic OH excluding ortho intramolecular Hbond substituents is 8. The quantitative estimate of drug-likeness (QED) is 0.0104. The molecular weight excluding hydrogens is 995 g/mol. The van der Waals surface area contributed by atoms with E-state index >= 15 is 0 Å². The maximum absolute atomic E-state index is 13.3. The summed E-state index contributed by atoms with van der Waals surface area (Å²) in [5, 5.41) is 104. The van der Waals surface area contributed by atoms with E-state index in [1.807, 2.05) is 24.3 Å². The first-order chi connectivity index (χ1) is 38.3. The Kier molecular flexibility index (Phi) is 21.6. The lowest BCUT2D eigenvalue weighted by molar-refractivity contribution is 0.104. The number of aryl methyl sites for hydroxylation is 1. The summed E-state index contributed by atoms with van der Waals surface area (Å²) in [6, 6.07) is 23.6. The highest BCUT2D eigenvalue weighted by molar-refractivity contribution is 6.22. The summed E-state index contributed by atoms with van der Waals surface area (Å²) >= 11 is 0. The topological polar surface area (TPSA) is 239 Å². The summed E-state index contributed by atoms with van der Waals surface area (Å²) in [7, 11) is 0. The van der Waals surface area contributed by atoms with Crippen LogP contribution < -0.4 is 26.8 Å². The summed E-state index contributed by atoms with van der Waals surface area (Å²) < 4.78 is 0. The SMILES string of the molecule is CCCCCCCc1ccc(O)c(NC(CCCCCC)c2ccc(O)c(NC(CCCCCC)c3ccc(O)c(NC(CCCCCC)c4ccc(O)c(NNc5ccc6c(c5)C(=O)c5ccccc5-6)c4O)c3O)c2O)c1O. The molecule has 0 radical (unpaired) electrons. The molecule has 0 bridgehead atoms. The number of ketones is 1. The third kappa shape index (κ3) is 14.6. The number of phenols is 8. The molecule has 1 aliphatic rings. The van der Waals surface area contributed by atoms with Crippen LogP contribution in [0, 0.1) is 0 Å². The van der Waals surface area contributed by atoms with Crippen molar-refractivity contribution in [3.05, 3.63) is 124 Å². The van der Waals surface area contributed by atoms with Crippen molar-refractivity contribution in [3.8, 4) is 57.1 Å². The molecule has 0 heterocycles. The Morgan fingerprint density at radius 3 is 1.24 bits per heavy atom. The van der Waals surface area contributed by atoms with Gasteiger partial charge in [0.15, 0.2) is 5.78 Å². The molecule has 13 N–H and O–H groups in total. The van der Waals surface area contributed by atoms with Crippen LogP contribution in [0.4, 0.5) is 28.4 Å². The van der Waals surface area contributed by atoms with Crippen LogP contribution in [-0.2, 0) is 6.42 Å². The van der Waals surface area contributed by atoms with E-state index in [1.54, 1.807) is 48.5 Å². The molecule has 7 rings (SSSR count). The fourth-order valence-corrected chi connectivity index (χ4v) is 10.9. The Morgan fingerprint density at radius 2 is 0.759 bits per heavy atom. The van der Waals surface area contributed by atoms with Crippen LogP contribution >= 0.6 is 0 Å². The zero-order valence-electron chi connectivity index (χ0n) is 46.7. The van der Waals surface area contributed by atoms with Gasteiger partial charge in [0.05, 0.1) is 23.8 Å². The summed E-state index contributed by atoms with van der Waals surface area (Å²) in [6.45, 7) is 8.54. The van der Waals surface area contributed by atoms with Crippen LogP contribution in [0.3, 0.4) is 0 Å². The Hall–Kier alpha value is -7.61. The van der Waals surface area contributed by atoms with Gasteiger partial charge >= 0.3 is 0 Å². The smallest absolute Gasteiger partial charge is 0.194 e. The zero-order chi connectivity index (χ0) is 56.4. The molecule has 6 aromatic rings. The number of rotatable bonds is 33. The molecule has 14 nitrogen and oxygen atoms in total. The molecule has 79 heavy (non-hydrogen) atoms. The zero-order valence-corrected chi connectivity index (χ0v) is 46.7. The van der Waals surface area contributed by atoms with Crippen molar-refractivity contribution in [1.29, 1.82) is 0 Å². The summed E-state index contributed by atoms with van der Waals surface area (Å²) in [5.74, 6) is -1.69. The number of unbranched alkanes of at least 4 members (excludes halogenated alkanes) is 13. The van der Waals surface area contributed by atoms with E-state index in [-0.39, 0.29) is 74.5 Å². The minimum Gasteiger partial charge on any atom is -0.506 e. The predicted octanol–water partition coefficient (Wildman–Crippen LogP) is 16.9. The van der Waals surface area contributed by atoms with Gasteiger partial charge in [-0.25, -0.2) is 0 Å². The van der Waals surface area contributed by atoms with E-state index in [4.69, 9.17) is 0 Å². The summed E-state index contributed by atoms with van der Waals surface area (Å²) in [4.78, 5) is 13.3. The minimum absolute atomic E-state index is 0.0120. The number of nitrogens with one attached hydrogen (secondary N) is 5. The number of hydrogen-bond acceptors (Lipinski definition) is 14. The van der Waals surface area contributed by atoms with Gasteiger partial charge in [0, 0.05) is 27.8 Å². The van der Waals surface area contributed by atoms with Crippen LogP contribution in [0.15, 0.2) is 91.0 Å². The number of benzene rings is 6. The lowest BCUT2D eigenvalue weighted by atomic mass is 9.94. The van der Waals surface area contributed by atoms with Gasteiger partial charge in [-0.3, -0.25) is 10.2 Å². The first-order valence-electron chi connectivity index (χ1n) is 29.1. The Labute approximate surface area is 467 Å². The lowest BCUT2D eigenvalue weighted by Gasteiger charge is -2.28. The molecule has 0 spiro atoms. The number of aromatic hydroxyl groups is 8. The van der Waals surface area contributed by atoms with Gasteiger partial charge in [0.2, 0.25) is 0 Å². The Balaban J connectivity index is 1.19. The fraction of sp³-hybridized carbons (Fsp3) is 0.431. The second kappa shape index (κ2) is 28.8. The van der Waals surface area contributed by atoms with E-state index in [0.29, 0.717) is 59.2 Å². The summed E-state index contributed by atoms with van der Waals surface area (Å²) in [6.07, 6.45) is 18.4. The molecule has 0 saturated carbocycles. The molecule has 0 aromatic heterocycles. The van der Waals surface area contributed by atoms with Gasteiger partial charge in [-0.15, -0.1) is 0 Å². The highest BCUT2D eigenvalue weighted by Gasteiger charge is 2.30. The maximum Gasteiger partial charge on any atom is 0.194 e. The molecule has 0 fully saturated rings. The van der Waals surface area contributed by atoms with Crippen molar-refractivity contribution in [2.24, 2.45) is 0 Å². The highest BCUT2D eigenvalue weighted by Crippen LogP contribution is 2.50. The number of carbonyl (C=O) groups is 1. The number of fused-ring (bicyclic) bond motifs is 3. The molecule has 0 saturated heterocycles. The second-order valence-electron chi connectivity index (χ2n) is 21.3. The molecule has 424 valence electrons. The van der Waals surface area contributed by atoms with Gasteiger partial charge in [-0.1, -0.05) is 167 Å². The monoisotopic (exact) mass is 1080 g/mol. The number of carbonyl (C=O) groups excluding carboxylic acids is 1. The molecule has 1 aliphatic carbocycles. The summed E-state index contributed by atoms with van der Waals surface area (Å²) in [5.41, 5.74) is 11.6. The average Bonchev–Trinajstić information content (AvgIpc) is 3.76. The van der Waals surface area contributed by atoms with Crippen LogP contribution in [0.2, 0.25) is 0 Å². The first kappa shape index (κ1) is 59.1. The molecule has 6 aromatic carbocycles. The third-order valence-electron chi connectivity index (χ3n) is 15.5. The second-order valence-corrected chi connectivity index (χ2v) is 21.3. The maximum atomic E-state index is 13.3. The van der Waals surface area contributed by atoms with Crippen molar-refractivity contribution in [3.63, 3.8) is 0 Å². The van der Waals surface area contributed by atoms with Crippen LogP contribution in [0.25, 0.3) is 11.1 Å². The van der Waals surface area contributed by atoms with Crippen LogP contribution in [0.5, 0.6) is 46.0 Å². The molecule has 14 heteroatoms. The number of hydrogen-bond donors (Lipinski definition) is 13. The van der Waals surface area contributed by atoms with E-state index in [2.05, 4.69) is 54.5 Å². The minimum atomic E-state index is -0.696. The molecule has 3 atom stereocenters. The van der Waals surface area contributed by atoms with E-state index in [9.17, 15) is 45.6 Å². The van der Waals surface area contributed by atoms with E-state index < -0.39 is 18.1 Å². The van der Waals surface area contributed by atoms with Crippen molar-refractivity contribution in [2.45, 2.75) is 181 Å². The van der Waals surface area contributed by atoms with Crippen molar-refractivity contribution < 1.29 is 45.6 Å². The molecular formula is C65H85N5O9. The van der Waals surface area contributed by atoms with Crippen molar-refractivity contribution in [1.82, 2.24) is 0 Å². The standard InChI is InChI=1S/C65H85N5O9/c1-5-9-13-17-18-24-41-30-36-53(71)57(61(41)75)66-50(27-19-14-10-6-2)46-33-37-54(72)58(63(46)77)67-51(28-20-15-11-7-3)47-34-38-55(73)59(64(47)78)68-52(29-21-16-12-8-4)48-35-39-56(74)60(65(48)79)70-69-42-31-32-44-43-25-22-23-26-45(43)62(76)49(44)40-42/h22-23,25-26,30-40,50-52,66-75,77-79H,5-21,24,27-29H2,1-4H3. The average molecular weight is 1080 g/mol. The molecule has 0 aliphatic heterocycles.